The fraction of sp³-hybridized carbons (Fsp3) is 0.700. The maximum atomic E-state index is 11.8. The molecule has 7 nitrogen and oxygen atoms in total. The van der Waals surface area contributed by atoms with Crippen molar-refractivity contribution >= 4 is 17.9 Å². The SMILES string of the molecule is CC(NC(=O)N1CCC(C(=O)O)C1C)C(N)=O. The van der Waals surface area contributed by atoms with Crippen LogP contribution < -0.4 is 11.1 Å². The van der Waals surface area contributed by atoms with Crippen LogP contribution in [0.5, 0.6) is 0 Å². The van der Waals surface area contributed by atoms with E-state index in [-0.39, 0.29) is 6.04 Å². The van der Waals surface area contributed by atoms with E-state index in [4.69, 9.17) is 10.8 Å². The van der Waals surface area contributed by atoms with Gasteiger partial charge in [-0.3, -0.25) is 9.59 Å². The van der Waals surface area contributed by atoms with Gasteiger partial charge in [-0.15, -0.1) is 0 Å². The van der Waals surface area contributed by atoms with Gasteiger partial charge < -0.3 is 21.1 Å². The van der Waals surface area contributed by atoms with Crippen LogP contribution in [0.3, 0.4) is 0 Å². The van der Waals surface area contributed by atoms with Crippen molar-refractivity contribution in [2.45, 2.75) is 32.4 Å². The number of likely N-dealkylation sites (tertiary alicyclic amines) is 1. The molecule has 0 radical (unpaired) electrons. The van der Waals surface area contributed by atoms with E-state index in [9.17, 15) is 14.4 Å². The predicted molar refractivity (Wildman–Crippen MR) is 59.1 cm³/mol. The Morgan fingerprint density at radius 2 is 2.06 bits per heavy atom. The van der Waals surface area contributed by atoms with Gasteiger partial charge in [0.2, 0.25) is 5.91 Å². The smallest absolute Gasteiger partial charge is 0.318 e. The van der Waals surface area contributed by atoms with Gasteiger partial charge >= 0.3 is 12.0 Å². The van der Waals surface area contributed by atoms with Crippen molar-refractivity contribution in [2.75, 3.05) is 6.54 Å². The third-order valence-corrected chi connectivity index (χ3v) is 3.10. The normalized spacial score (nSPS) is 25.4. The van der Waals surface area contributed by atoms with Crippen molar-refractivity contribution in [3.05, 3.63) is 0 Å². The third kappa shape index (κ3) is 2.86. The number of hydrogen-bond donors (Lipinski definition) is 3. The maximum Gasteiger partial charge on any atom is 0.318 e. The fourth-order valence-corrected chi connectivity index (χ4v) is 1.90. The largest absolute Gasteiger partial charge is 0.481 e. The quantitative estimate of drug-likeness (QED) is 0.612. The molecule has 0 aromatic heterocycles. The summed E-state index contributed by atoms with van der Waals surface area (Å²) in [5, 5.41) is 11.4. The van der Waals surface area contributed by atoms with E-state index in [0.717, 1.165) is 0 Å². The lowest BCUT2D eigenvalue weighted by Crippen LogP contribution is -2.50. The molecule has 1 aliphatic heterocycles. The Kier molecular flexibility index (Phi) is 3.93. The molecule has 96 valence electrons. The van der Waals surface area contributed by atoms with E-state index >= 15 is 0 Å². The molecule has 0 saturated carbocycles. The van der Waals surface area contributed by atoms with Crippen LogP contribution in [0.4, 0.5) is 4.79 Å². The molecule has 3 amide bonds. The van der Waals surface area contributed by atoms with Gasteiger partial charge in [0.1, 0.15) is 6.04 Å². The van der Waals surface area contributed by atoms with E-state index in [0.29, 0.717) is 13.0 Å². The highest BCUT2D eigenvalue weighted by atomic mass is 16.4. The summed E-state index contributed by atoms with van der Waals surface area (Å²) in [4.78, 5) is 34.8. The lowest BCUT2D eigenvalue weighted by atomic mass is 10.0. The zero-order valence-electron chi connectivity index (χ0n) is 9.84. The van der Waals surface area contributed by atoms with Crippen LogP contribution in [0, 0.1) is 5.92 Å². The number of rotatable bonds is 3. The van der Waals surface area contributed by atoms with Crippen molar-refractivity contribution in [1.82, 2.24) is 10.2 Å². The van der Waals surface area contributed by atoms with E-state index < -0.39 is 29.9 Å². The first kappa shape index (κ1) is 13.3. The zero-order chi connectivity index (χ0) is 13.2. The standard InChI is InChI=1S/C10H17N3O4/c1-5(8(11)14)12-10(17)13-4-3-7(6(13)2)9(15)16/h5-7H,3-4H2,1-2H3,(H2,11,14)(H,12,17)(H,15,16). The van der Waals surface area contributed by atoms with Crippen molar-refractivity contribution in [1.29, 1.82) is 0 Å². The highest BCUT2D eigenvalue weighted by Crippen LogP contribution is 2.24. The first-order chi connectivity index (χ1) is 7.84. The molecule has 1 saturated heterocycles. The number of carbonyl (C=O) groups is 3. The molecule has 3 atom stereocenters. The van der Waals surface area contributed by atoms with Crippen LogP contribution in [-0.2, 0) is 9.59 Å². The number of hydrogen-bond acceptors (Lipinski definition) is 3. The molecule has 0 bridgehead atoms. The minimum atomic E-state index is -0.907. The van der Waals surface area contributed by atoms with Gasteiger partial charge in [0.05, 0.1) is 5.92 Å². The Morgan fingerprint density at radius 3 is 2.47 bits per heavy atom. The minimum Gasteiger partial charge on any atom is -0.481 e. The van der Waals surface area contributed by atoms with Gasteiger partial charge in [-0.05, 0) is 20.3 Å². The van der Waals surface area contributed by atoms with Crippen molar-refractivity contribution in [2.24, 2.45) is 11.7 Å². The molecule has 1 fully saturated rings. The second-order valence-corrected chi connectivity index (χ2v) is 4.24. The van der Waals surface area contributed by atoms with Crippen molar-refractivity contribution in [3.63, 3.8) is 0 Å². The van der Waals surface area contributed by atoms with Crippen LogP contribution in [0.25, 0.3) is 0 Å². The monoisotopic (exact) mass is 243 g/mol. The summed E-state index contributed by atoms with van der Waals surface area (Å²) in [5.74, 6) is -2.08. The van der Waals surface area contributed by atoms with E-state index in [1.54, 1.807) is 6.92 Å². The van der Waals surface area contributed by atoms with Gasteiger partial charge in [-0.2, -0.15) is 0 Å². The fourth-order valence-electron chi connectivity index (χ4n) is 1.90. The summed E-state index contributed by atoms with van der Waals surface area (Å²) >= 11 is 0. The number of carboxylic acids is 1. The lowest BCUT2D eigenvalue weighted by Gasteiger charge is -2.24. The highest BCUT2D eigenvalue weighted by molar-refractivity contribution is 5.86. The topological polar surface area (TPSA) is 113 Å². The number of urea groups is 1. The van der Waals surface area contributed by atoms with Crippen molar-refractivity contribution < 1.29 is 19.5 Å². The van der Waals surface area contributed by atoms with Crippen LogP contribution in [-0.4, -0.2) is 46.5 Å². The Bertz CT molecular complexity index is 344. The summed E-state index contributed by atoms with van der Waals surface area (Å²) in [6.45, 7) is 3.53. The number of carboxylic acid groups (broad SMARTS) is 1. The summed E-state index contributed by atoms with van der Waals surface area (Å²) in [7, 11) is 0. The number of amides is 3. The summed E-state index contributed by atoms with van der Waals surface area (Å²) < 4.78 is 0. The van der Waals surface area contributed by atoms with E-state index in [1.165, 1.54) is 11.8 Å². The molecular formula is C10H17N3O4. The second kappa shape index (κ2) is 5.03. The number of aliphatic carboxylic acids is 1. The highest BCUT2D eigenvalue weighted by Gasteiger charge is 2.38. The van der Waals surface area contributed by atoms with E-state index in [1.807, 2.05) is 0 Å². The molecule has 17 heavy (non-hydrogen) atoms. The number of nitrogens with zero attached hydrogens (tertiary/aromatic N) is 1. The number of nitrogens with one attached hydrogen (secondary N) is 1. The Morgan fingerprint density at radius 1 is 1.47 bits per heavy atom. The van der Waals surface area contributed by atoms with Gasteiger partial charge in [-0.1, -0.05) is 0 Å². The lowest BCUT2D eigenvalue weighted by molar-refractivity contribution is -0.142. The van der Waals surface area contributed by atoms with Gasteiger partial charge in [0, 0.05) is 12.6 Å². The molecule has 0 aromatic carbocycles. The number of nitrogens with two attached hydrogens (primary N) is 1. The predicted octanol–water partition coefficient (Wildman–Crippen LogP) is -0.635. The molecule has 0 spiro atoms. The number of primary amides is 1. The Labute approximate surface area is 98.9 Å². The van der Waals surface area contributed by atoms with Gasteiger partial charge in [0.25, 0.3) is 0 Å². The molecular weight excluding hydrogens is 226 g/mol. The summed E-state index contributed by atoms with van der Waals surface area (Å²) in [6.07, 6.45) is 0.425. The summed E-state index contributed by atoms with van der Waals surface area (Å²) in [6, 6.07) is -1.60. The average molecular weight is 243 g/mol. The molecule has 1 heterocycles. The van der Waals surface area contributed by atoms with Gasteiger partial charge in [-0.25, -0.2) is 4.79 Å². The Hall–Kier alpha value is -1.79. The van der Waals surface area contributed by atoms with E-state index in [2.05, 4.69) is 5.32 Å². The summed E-state index contributed by atoms with van der Waals surface area (Å²) in [5.41, 5.74) is 5.03. The second-order valence-electron chi connectivity index (χ2n) is 4.24. The Balaban J connectivity index is 2.60. The molecule has 1 rings (SSSR count). The first-order valence-corrected chi connectivity index (χ1v) is 5.43. The molecule has 0 aromatic rings. The van der Waals surface area contributed by atoms with Gasteiger partial charge in [0.15, 0.2) is 0 Å². The van der Waals surface area contributed by atoms with Crippen LogP contribution in [0.2, 0.25) is 0 Å². The maximum absolute atomic E-state index is 11.8. The molecule has 7 heteroatoms. The van der Waals surface area contributed by atoms with Crippen LogP contribution >= 0.6 is 0 Å². The first-order valence-electron chi connectivity index (χ1n) is 5.43. The molecule has 1 aliphatic rings. The van der Waals surface area contributed by atoms with Crippen molar-refractivity contribution in [3.8, 4) is 0 Å². The minimum absolute atomic E-state index is 0.370. The molecule has 0 aliphatic carbocycles. The zero-order valence-corrected chi connectivity index (χ0v) is 9.84. The molecule has 3 unspecified atom stereocenters. The van der Waals surface area contributed by atoms with Crippen LogP contribution in [0.15, 0.2) is 0 Å². The average Bonchev–Trinajstić information content (AvgIpc) is 2.59. The third-order valence-electron chi connectivity index (χ3n) is 3.10. The number of carbonyl (C=O) groups excluding carboxylic acids is 2. The van der Waals surface area contributed by atoms with Crippen LogP contribution in [0.1, 0.15) is 20.3 Å². The molecule has 4 N–H and O–H groups in total.